The molecule has 0 fully saturated rings. The molecule has 2 N–H and O–H groups in total. The van der Waals surface area contributed by atoms with Crippen molar-refractivity contribution in [3.8, 4) is 10.7 Å². The minimum Gasteiger partial charge on any atom is -0.388 e. The number of aromatic nitrogens is 3. The second-order valence-electron chi connectivity index (χ2n) is 2.24. The van der Waals surface area contributed by atoms with Gasteiger partial charge in [-0.3, -0.25) is 5.10 Å². The number of rotatable bonds is 2. The van der Waals surface area contributed by atoms with Crippen LogP contribution in [0.4, 0.5) is 0 Å². The highest BCUT2D eigenvalue weighted by Gasteiger charge is 2.04. The van der Waals surface area contributed by atoms with Crippen molar-refractivity contribution in [3.05, 3.63) is 23.3 Å². The van der Waals surface area contributed by atoms with Gasteiger partial charge in [0.1, 0.15) is 6.61 Å². The molecule has 0 aromatic carbocycles. The molecule has 0 spiro atoms. The van der Waals surface area contributed by atoms with E-state index in [2.05, 4.69) is 15.2 Å². The van der Waals surface area contributed by atoms with E-state index >= 15 is 0 Å². The molecule has 2 rings (SSSR count). The van der Waals surface area contributed by atoms with E-state index in [-0.39, 0.29) is 6.61 Å². The first-order chi connectivity index (χ1) is 5.90. The number of nitrogens with one attached hydrogen (secondary N) is 1. The summed E-state index contributed by atoms with van der Waals surface area (Å²) in [5, 5.41) is 17.3. The van der Waals surface area contributed by atoms with Gasteiger partial charge in [-0.05, 0) is 11.4 Å². The lowest BCUT2D eigenvalue weighted by molar-refractivity contribution is 0.272. The van der Waals surface area contributed by atoms with Gasteiger partial charge in [-0.1, -0.05) is 6.07 Å². The second-order valence-corrected chi connectivity index (χ2v) is 3.19. The SMILES string of the molecule is OCc1nc(-c2cccs2)n[nH]1. The van der Waals surface area contributed by atoms with Gasteiger partial charge in [0.2, 0.25) is 0 Å². The largest absolute Gasteiger partial charge is 0.388 e. The van der Waals surface area contributed by atoms with E-state index in [4.69, 9.17) is 5.11 Å². The van der Waals surface area contributed by atoms with Crippen molar-refractivity contribution in [2.45, 2.75) is 6.61 Å². The molecular formula is C7H7N3OS. The Kier molecular flexibility index (Phi) is 1.89. The molecule has 0 radical (unpaired) electrons. The average molecular weight is 181 g/mol. The minimum absolute atomic E-state index is 0.0988. The lowest BCUT2D eigenvalue weighted by atomic mass is 10.4. The first kappa shape index (κ1) is 7.45. The normalized spacial score (nSPS) is 10.4. The van der Waals surface area contributed by atoms with Crippen LogP contribution in [-0.4, -0.2) is 20.3 Å². The third-order valence-corrected chi connectivity index (χ3v) is 2.29. The van der Waals surface area contributed by atoms with E-state index in [0.717, 1.165) is 4.88 Å². The number of aromatic amines is 1. The number of hydrogen-bond acceptors (Lipinski definition) is 4. The molecular weight excluding hydrogens is 174 g/mol. The van der Waals surface area contributed by atoms with Gasteiger partial charge in [0, 0.05) is 0 Å². The highest BCUT2D eigenvalue weighted by atomic mass is 32.1. The topological polar surface area (TPSA) is 61.8 Å². The Morgan fingerprint density at radius 3 is 3.08 bits per heavy atom. The smallest absolute Gasteiger partial charge is 0.191 e. The van der Waals surface area contributed by atoms with E-state index in [1.54, 1.807) is 11.3 Å². The molecule has 0 unspecified atom stereocenters. The lowest BCUT2D eigenvalue weighted by Crippen LogP contribution is -1.84. The average Bonchev–Trinajstić information content (AvgIpc) is 2.75. The van der Waals surface area contributed by atoms with Crippen LogP contribution in [-0.2, 0) is 6.61 Å². The van der Waals surface area contributed by atoms with Gasteiger partial charge in [0.25, 0.3) is 0 Å². The Morgan fingerprint density at radius 1 is 1.58 bits per heavy atom. The molecule has 0 atom stereocenters. The van der Waals surface area contributed by atoms with E-state index in [0.29, 0.717) is 11.6 Å². The van der Waals surface area contributed by atoms with Crippen molar-refractivity contribution in [1.82, 2.24) is 15.2 Å². The van der Waals surface area contributed by atoms with Crippen LogP contribution in [0.3, 0.4) is 0 Å². The molecule has 2 heterocycles. The number of H-pyrrole nitrogens is 1. The van der Waals surface area contributed by atoms with Crippen LogP contribution in [0.1, 0.15) is 5.82 Å². The Morgan fingerprint density at radius 2 is 2.50 bits per heavy atom. The van der Waals surface area contributed by atoms with Crippen molar-refractivity contribution >= 4 is 11.3 Å². The Labute approximate surface area is 72.9 Å². The summed E-state index contributed by atoms with van der Waals surface area (Å²) in [5.74, 6) is 1.15. The molecule has 4 nitrogen and oxygen atoms in total. The zero-order valence-electron chi connectivity index (χ0n) is 6.19. The molecule has 0 saturated heterocycles. The zero-order chi connectivity index (χ0) is 8.39. The Balaban J connectivity index is 2.35. The third kappa shape index (κ3) is 1.24. The van der Waals surface area contributed by atoms with E-state index in [1.807, 2.05) is 17.5 Å². The number of aliphatic hydroxyl groups is 1. The summed E-state index contributed by atoms with van der Waals surface area (Å²) in [6.45, 7) is -0.0988. The summed E-state index contributed by atoms with van der Waals surface area (Å²) in [7, 11) is 0. The fourth-order valence-corrected chi connectivity index (χ4v) is 1.54. The van der Waals surface area contributed by atoms with Crippen LogP contribution in [0, 0.1) is 0 Å². The van der Waals surface area contributed by atoms with Crippen LogP contribution >= 0.6 is 11.3 Å². The van der Waals surface area contributed by atoms with Gasteiger partial charge in [0.05, 0.1) is 4.88 Å². The molecule has 0 amide bonds. The van der Waals surface area contributed by atoms with Crippen LogP contribution in [0.5, 0.6) is 0 Å². The first-order valence-corrected chi connectivity index (χ1v) is 4.34. The predicted octanol–water partition coefficient (Wildman–Crippen LogP) is 1.03. The summed E-state index contributed by atoms with van der Waals surface area (Å²) in [4.78, 5) is 5.07. The highest BCUT2D eigenvalue weighted by molar-refractivity contribution is 7.13. The predicted molar refractivity (Wildman–Crippen MR) is 45.6 cm³/mol. The van der Waals surface area contributed by atoms with E-state index < -0.39 is 0 Å². The molecule has 0 saturated carbocycles. The van der Waals surface area contributed by atoms with Crippen LogP contribution < -0.4 is 0 Å². The molecule has 62 valence electrons. The van der Waals surface area contributed by atoms with Crippen molar-refractivity contribution < 1.29 is 5.11 Å². The Bertz CT molecular complexity index is 354. The van der Waals surface area contributed by atoms with Crippen molar-refractivity contribution in [3.63, 3.8) is 0 Å². The van der Waals surface area contributed by atoms with Crippen LogP contribution in [0.15, 0.2) is 17.5 Å². The maximum Gasteiger partial charge on any atom is 0.191 e. The first-order valence-electron chi connectivity index (χ1n) is 3.46. The van der Waals surface area contributed by atoms with E-state index in [9.17, 15) is 0 Å². The van der Waals surface area contributed by atoms with Crippen LogP contribution in [0.25, 0.3) is 10.7 Å². The number of aliphatic hydroxyl groups excluding tert-OH is 1. The molecule has 12 heavy (non-hydrogen) atoms. The standard InChI is InChI=1S/C7H7N3OS/c11-4-6-8-7(10-9-6)5-2-1-3-12-5/h1-3,11H,4H2,(H,8,9,10). The monoisotopic (exact) mass is 181 g/mol. The summed E-state index contributed by atoms with van der Waals surface area (Å²) in [6, 6.07) is 3.88. The molecule has 0 aliphatic rings. The lowest BCUT2D eigenvalue weighted by Gasteiger charge is -1.83. The molecule has 0 aliphatic carbocycles. The fourth-order valence-electron chi connectivity index (χ4n) is 0.882. The highest BCUT2D eigenvalue weighted by Crippen LogP contribution is 2.20. The molecule has 2 aromatic rings. The molecule has 2 aromatic heterocycles. The van der Waals surface area contributed by atoms with Gasteiger partial charge in [0.15, 0.2) is 11.6 Å². The number of hydrogen-bond donors (Lipinski definition) is 2. The number of nitrogens with zero attached hydrogens (tertiary/aromatic N) is 2. The summed E-state index contributed by atoms with van der Waals surface area (Å²) in [6.07, 6.45) is 0. The molecule has 0 aliphatic heterocycles. The van der Waals surface area contributed by atoms with Gasteiger partial charge in [-0.2, -0.15) is 5.10 Å². The maximum absolute atomic E-state index is 8.72. The van der Waals surface area contributed by atoms with E-state index in [1.165, 1.54) is 0 Å². The Hall–Kier alpha value is -1.20. The summed E-state index contributed by atoms with van der Waals surface area (Å²) in [5.41, 5.74) is 0. The maximum atomic E-state index is 8.72. The molecule has 5 heteroatoms. The van der Waals surface area contributed by atoms with Crippen molar-refractivity contribution in [2.24, 2.45) is 0 Å². The molecule has 0 bridgehead atoms. The van der Waals surface area contributed by atoms with Gasteiger partial charge < -0.3 is 5.11 Å². The van der Waals surface area contributed by atoms with Gasteiger partial charge in [-0.15, -0.1) is 11.3 Å². The van der Waals surface area contributed by atoms with Crippen molar-refractivity contribution in [1.29, 1.82) is 0 Å². The third-order valence-electron chi connectivity index (χ3n) is 1.42. The second kappa shape index (κ2) is 3.04. The number of thiophene rings is 1. The summed E-state index contributed by atoms with van der Waals surface area (Å²) >= 11 is 1.57. The zero-order valence-corrected chi connectivity index (χ0v) is 7.01. The van der Waals surface area contributed by atoms with Crippen molar-refractivity contribution in [2.75, 3.05) is 0 Å². The van der Waals surface area contributed by atoms with Crippen LogP contribution in [0.2, 0.25) is 0 Å². The van der Waals surface area contributed by atoms with Gasteiger partial charge >= 0.3 is 0 Å². The fraction of sp³-hybridized carbons (Fsp3) is 0.143. The quantitative estimate of drug-likeness (QED) is 0.727. The summed E-state index contributed by atoms with van der Waals surface area (Å²) < 4.78 is 0. The van der Waals surface area contributed by atoms with Gasteiger partial charge in [-0.25, -0.2) is 4.98 Å². The minimum atomic E-state index is -0.0988.